The standard InChI is InChI=1S/C30H50O5/c1-25(2)21(33)10-12-27(5)17-9-13-28(6)24(30(8)14-11-22(35-30)26(3,4)34)20(32)16-29(28,7)18(17)15-19(31)23(25)27/h9,18-24,31-34H,10-16H2,1-8H3/t18-,19+,20+,21+,22-,23+,24+,27-,28-,29+,30+/m1/s1. The summed E-state index contributed by atoms with van der Waals surface area (Å²) in [5.41, 5.74) is -0.731. The molecule has 11 atom stereocenters. The highest BCUT2D eigenvalue weighted by Gasteiger charge is 2.71. The first-order valence-corrected chi connectivity index (χ1v) is 14.1. The van der Waals surface area contributed by atoms with Gasteiger partial charge in [-0.3, -0.25) is 0 Å². The summed E-state index contributed by atoms with van der Waals surface area (Å²) in [5, 5.41) is 44.8. The van der Waals surface area contributed by atoms with Crippen LogP contribution < -0.4 is 0 Å². The van der Waals surface area contributed by atoms with Crippen molar-refractivity contribution in [2.24, 2.45) is 39.4 Å². The van der Waals surface area contributed by atoms with Gasteiger partial charge >= 0.3 is 0 Å². The quantitative estimate of drug-likeness (QED) is 0.425. The average Bonchev–Trinajstić information content (AvgIpc) is 3.20. The van der Waals surface area contributed by atoms with Gasteiger partial charge < -0.3 is 25.2 Å². The zero-order valence-electron chi connectivity index (χ0n) is 23.3. The third-order valence-electron chi connectivity index (χ3n) is 12.5. The van der Waals surface area contributed by atoms with E-state index in [9.17, 15) is 20.4 Å². The van der Waals surface area contributed by atoms with E-state index in [1.807, 2.05) is 13.8 Å². The molecule has 5 aliphatic rings. The Balaban J connectivity index is 1.55. The molecule has 0 unspecified atom stereocenters. The fraction of sp³-hybridized carbons (Fsp3) is 0.933. The lowest BCUT2D eigenvalue weighted by Gasteiger charge is -2.65. The number of hydrogen-bond donors (Lipinski definition) is 4. The number of ether oxygens (including phenoxy) is 1. The summed E-state index contributed by atoms with van der Waals surface area (Å²) in [4.78, 5) is 0. The molecule has 4 fully saturated rings. The smallest absolute Gasteiger partial charge is 0.0865 e. The summed E-state index contributed by atoms with van der Waals surface area (Å²) in [7, 11) is 0. The summed E-state index contributed by atoms with van der Waals surface area (Å²) in [6, 6.07) is 0. The van der Waals surface area contributed by atoms with Gasteiger partial charge in [-0.2, -0.15) is 0 Å². The van der Waals surface area contributed by atoms with Crippen molar-refractivity contribution in [3.05, 3.63) is 11.6 Å². The number of rotatable bonds is 2. The summed E-state index contributed by atoms with van der Waals surface area (Å²) in [6.45, 7) is 17.1. The number of allylic oxidation sites excluding steroid dienone is 2. The Kier molecular flexibility index (Phi) is 5.65. The van der Waals surface area contributed by atoms with Crippen LogP contribution in [0.5, 0.6) is 0 Å². The topological polar surface area (TPSA) is 90.2 Å². The second kappa shape index (κ2) is 7.56. The van der Waals surface area contributed by atoms with E-state index in [0.29, 0.717) is 12.8 Å². The van der Waals surface area contributed by atoms with Crippen molar-refractivity contribution in [1.29, 1.82) is 0 Å². The molecule has 4 aliphatic carbocycles. The van der Waals surface area contributed by atoms with Crippen LogP contribution in [-0.4, -0.2) is 56.0 Å². The lowest BCUT2D eigenvalue weighted by Crippen LogP contribution is -2.62. The number of aliphatic hydroxyl groups excluding tert-OH is 3. The molecule has 0 amide bonds. The minimum absolute atomic E-state index is 0.0274. The van der Waals surface area contributed by atoms with E-state index < -0.39 is 29.5 Å². The van der Waals surface area contributed by atoms with Crippen LogP contribution in [0.1, 0.15) is 100 Å². The van der Waals surface area contributed by atoms with Gasteiger partial charge in [0.1, 0.15) is 0 Å². The molecular weight excluding hydrogens is 440 g/mol. The molecule has 0 bridgehead atoms. The van der Waals surface area contributed by atoms with Crippen LogP contribution >= 0.6 is 0 Å². The Bertz CT molecular complexity index is 905. The lowest BCUT2D eigenvalue weighted by atomic mass is 9.40. The van der Waals surface area contributed by atoms with Crippen molar-refractivity contribution < 1.29 is 25.2 Å². The molecule has 35 heavy (non-hydrogen) atoms. The molecule has 3 saturated carbocycles. The minimum Gasteiger partial charge on any atom is -0.393 e. The molecule has 1 saturated heterocycles. The highest BCUT2D eigenvalue weighted by molar-refractivity contribution is 5.35. The maximum absolute atomic E-state index is 11.7. The number of hydrogen-bond acceptors (Lipinski definition) is 5. The second-order valence-corrected chi connectivity index (χ2v) is 15.2. The Hall–Kier alpha value is -0.460. The monoisotopic (exact) mass is 490 g/mol. The molecule has 0 aromatic rings. The first kappa shape index (κ1) is 26.2. The van der Waals surface area contributed by atoms with Crippen LogP contribution in [0, 0.1) is 39.4 Å². The fourth-order valence-corrected chi connectivity index (χ4v) is 10.6. The molecular formula is C30H50O5. The van der Waals surface area contributed by atoms with E-state index in [1.165, 1.54) is 5.57 Å². The van der Waals surface area contributed by atoms with E-state index in [-0.39, 0.29) is 45.5 Å². The predicted molar refractivity (Wildman–Crippen MR) is 137 cm³/mol. The highest BCUT2D eigenvalue weighted by atomic mass is 16.5. The summed E-state index contributed by atoms with van der Waals surface area (Å²) in [5.74, 6) is 0.204. The minimum atomic E-state index is -0.902. The number of fused-ring (bicyclic) bond motifs is 5. The largest absolute Gasteiger partial charge is 0.393 e. The van der Waals surface area contributed by atoms with Crippen molar-refractivity contribution in [3.8, 4) is 0 Å². The lowest BCUT2D eigenvalue weighted by molar-refractivity contribution is -0.183. The van der Waals surface area contributed by atoms with Gasteiger partial charge in [0.15, 0.2) is 0 Å². The SMILES string of the molecule is CC(C)(O)[C@H]1CC[C@@](C)([C@H]2[C@@H](O)C[C@@]3(C)[C@@H]4C[C@H](O)[C@H]5C(C)(C)[C@@H](O)CC[C@]5(C)C4=CC[C@]23C)O1. The van der Waals surface area contributed by atoms with E-state index in [2.05, 4.69) is 47.6 Å². The van der Waals surface area contributed by atoms with Crippen LogP contribution in [0.4, 0.5) is 0 Å². The predicted octanol–water partition coefficient (Wildman–Crippen LogP) is 4.60. The van der Waals surface area contributed by atoms with Crippen molar-refractivity contribution >= 4 is 0 Å². The van der Waals surface area contributed by atoms with E-state index in [1.54, 1.807) is 0 Å². The first-order chi connectivity index (χ1) is 15.9. The summed E-state index contributed by atoms with van der Waals surface area (Å²) >= 11 is 0. The van der Waals surface area contributed by atoms with E-state index in [0.717, 1.165) is 32.1 Å². The van der Waals surface area contributed by atoms with Gasteiger partial charge in [0, 0.05) is 11.8 Å². The van der Waals surface area contributed by atoms with Crippen LogP contribution in [0.25, 0.3) is 0 Å². The van der Waals surface area contributed by atoms with Crippen LogP contribution in [-0.2, 0) is 4.74 Å². The summed E-state index contributed by atoms with van der Waals surface area (Å²) < 4.78 is 6.62. The maximum Gasteiger partial charge on any atom is 0.0865 e. The van der Waals surface area contributed by atoms with Gasteiger partial charge in [0.25, 0.3) is 0 Å². The average molecular weight is 491 g/mol. The molecule has 5 heteroatoms. The molecule has 1 heterocycles. The Morgan fingerprint density at radius 3 is 2.14 bits per heavy atom. The van der Waals surface area contributed by atoms with Crippen LogP contribution in [0.15, 0.2) is 11.6 Å². The first-order valence-electron chi connectivity index (χ1n) is 14.1. The molecule has 0 radical (unpaired) electrons. The van der Waals surface area contributed by atoms with Gasteiger partial charge in [-0.25, -0.2) is 0 Å². The Morgan fingerprint density at radius 1 is 0.886 bits per heavy atom. The second-order valence-electron chi connectivity index (χ2n) is 15.2. The Morgan fingerprint density at radius 2 is 1.54 bits per heavy atom. The molecule has 1 aliphatic heterocycles. The normalized spacial score (nSPS) is 55.7. The molecule has 0 aromatic heterocycles. The van der Waals surface area contributed by atoms with Gasteiger partial charge in [-0.15, -0.1) is 0 Å². The third-order valence-corrected chi connectivity index (χ3v) is 12.5. The number of aliphatic hydroxyl groups is 4. The van der Waals surface area contributed by atoms with E-state index >= 15 is 0 Å². The van der Waals surface area contributed by atoms with Gasteiger partial charge in [0.05, 0.1) is 35.6 Å². The fourth-order valence-electron chi connectivity index (χ4n) is 10.6. The third kappa shape index (κ3) is 3.30. The molecule has 0 spiro atoms. The van der Waals surface area contributed by atoms with Crippen molar-refractivity contribution in [3.63, 3.8) is 0 Å². The molecule has 4 N–H and O–H groups in total. The van der Waals surface area contributed by atoms with Crippen molar-refractivity contribution in [1.82, 2.24) is 0 Å². The van der Waals surface area contributed by atoms with Gasteiger partial charge in [-0.05, 0) is 93.3 Å². The summed E-state index contributed by atoms with van der Waals surface area (Å²) in [6.07, 6.45) is 6.50. The van der Waals surface area contributed by atoms with Crippen LogP contribution in [0.3, 0.4) is 0 Å². The molecule has 5 rings (SSSR count). The van der Waals surface area contributed by atoms with Gasteiger partial charge in [-0.1, -0.05) is 46.3 Å². The van der Waals surface area contributed by atoms with Crippen molar-refractivity contribution in [2.75, 3.05) is 0 Å². The highest BCUT2D eigenvalue weighted by Crippen LogP contribution is 2.74. The zero-order valence-corrected chi connectivity index (χ0v) is 23.3. The van der Waals surface area contributed by atoms with Gasteiger partial charge in [0.2, 0.25) is 0 Å². The zero-order chi connectivity index (χ0) is 26.0. The van der Waals surface area contributed by atoms with Crippen molar-refractivity contribution in [2.45, 2.75) is 136 Å². The molecule has 5 nitrogen and oxygen atoms in total. The molecule has 0 aromatic carbocycles. The molecule has 200 valence electrons. The Labute approximate surface area is 212 Å². The van der Waals surface area contributed by atoms with Crippen LogP contribution in [0.2, 0.25) is 0 Å². The maximum atomic E-state index is 11.7. The van der Waals surface area contributed by atoms with E-state index in [4.69, 9.17) is 4.74 Å².